The first-order valence-electron chi connectivity index (χ1n) is 6.50. The number of carbonyl (C=O) groups excluding carboxylic acids is 1. The topological polar surface area (TPSA) is 85.6 Å². The number of nitro groups is 1. The zero-order valence-corrected chi connectivity index (χ0v) is 11.5. The number of piperidine rings is 1. The van der Waals surface area contributed by atoms with E-state index in [9.17, 15) is 14.9 Å². The van der Waals surface area contributed by atoms with Crippen LogP contribution in [0.15, 0.2) is 12.3 Å². The minimum atomic E-state index is -0.626. The van der Waals surface area contributed by atoms with Gasteiger partial charge in [-0.2, -0.15) is 0 Å². The molecule has 0 unspecified atom stereocenters. The standard InChI is InChI=1S/C13H17N3O4/c1-9-3-5-15(6-4-9)12-11(16(18)19)7-10(8-14-12)13(17)20-2/h7-9H,3-6H2,1-2H3. The van der Waals surface area contributed by atoms with Gasteiger partial charge in [-0.05, 0) is 18.8 Å². The Kier molecular flexibility index (Phi) is 4.16. The number of anilines is 1. The van der Waals surface area contributed by atoms with Crippen LogP contribution in [0, 0.1) is 16.0 Å². The van der Waals surface area contributed by atoms with Crippen LogP contribution in [0.25, 0.3) is 0 Å². The first-order chi connectivity index (χ1) is 9.52. The van der Waals surface area contributed by atoms with E-state index in [0.29, 0.717) is 11.7 Å². The quantitative estimate of drug-likeness (QED) is 0.478. The Balaban J connectivity index is 2.33. The number of pyridine rings is 1. The Morgan fingerprint density at radius 3 is 2.70 bits per heavy atom. The van der Waals surface area contributed by atoms with Crippen LogP contribution >= 0.6 is 0 Å². The second-order valence-corrected chi connectivity index (χ2v) is 4.98. The van der Waals surface area contributed by atoms with Gasteiger partial charge in [0.05, 0.1) is 17.6 Å². The van der Waals surface area contributed by atoms with Gasteiger partial charge < -0.3 is 9.64 Å². The van der Waals surface area contributed by atoms with Gasteiger partial charge in [-0.1, -0.05) is 6.92 Å². The summed E-state index contributed by atoms with van der Waals surface area (Å²) in [7, 11) is 1.23. The molecule has 0 bridgehead atoms. The number of esters is 1. The van der Waals surface area contributed by atoms with Crippen molar-refractivity contribution in [1.82, 2.24) is 4.98 Å². The molecule has 0 aliphatic carbocycles. The van der Waals surface area contributed by atoms with Crippen molar-refractivity contribution in [2.45, 2.75) is 19.8 Å². The van der Waals surface area contributed by atoms with E-state index in [-0.39, 0.29) is 11.3 Å². The van der Waals surface area contributed by atoms with Crippen LogP contribution in [-0.2, 0) is 4.74 Å². The highest BCUT2D eigenvalue weighted by Crippen LogP contribution is 2.30. The third-order valence-electron chi connectivity index (χ3n) is 3.55. The lowest BCUT2D eigenvalue weighted by molar-refractivity contribution is -0.384. The molecule has 0 amide bonds. The van der Waals surface area contributed by atoms with Gasteiger partial charge in [-0.3, -0.25) is 10.1 Å². The summed E-state index contributed by atoms with van der Waals surface area (Å²) in [6.07, 6.45) is 3.29. The van der Waals surface area contributed by atoms with Crippen molar-refractivity contribution in [2.75, 3.05) is 25.1 Å². The van der Waals surface area contributed by atoms with Gasteiger partial charge >= 0.3 is 11.7 Å². The zero-order chi connectivity index (χ0) is 14.7. The van der Waals surface area contributed by atoms with E-state index in [1.54, 1.807) is 0 Å². The fraction of sp³-hybridized carbons (Fsp3) is 0.538. The lowest BCUT2D eigenvalue weighted by atomic mass is 9.99. The third kappa shape index (κ3) is 2.87. The molecule has 7 nitrogen and oxygen atoms in total. The number of methoxy groups -OCH3 is 1. The largest absolute Gasteiger partial charge is 0.465 e. The summed E-state index contributed by atoms with van der Waals surface area (Å²) in [5.74, 6) is 0.327. The first kappa shape index (κ1) is 14.2. The minimum absolute atomic E-state index is 0.0910. The van der Waals surface area contributed by atoms with Gasteiger partial charge in [0.15, 0.2) is 0 Å². The molecule has 2 heterocycles. The van der Waals surface area contributed by atoms with Crippen molar-refractivity contribution in [2.24, 2.45) is 5.92 Å². The molecule has 2 rings (SSSR count). The molecule has 0 radical (unpaired) electrons. The Bertz CT molecular complexity index is 524. The molecule has 108 valence electrons. The number of hydrogen-bond donors (Lipinski definition) is 0. The Morgan fingerprint density at radius 1 is 1.50 bits per heavy atom. The van der Waals surface area contributed by atoms with E-state index in [1.165, 1.54) is 19.4 Å². The second kappa shape index (κ2) is 5.85. The number of rotatable bonds is 3. The maximum Gasteiger partial charge on any atom is 0.339 e. The van der Waals surface area contributed by atoms with Crippen LogP contribution in [-0.4, -0.2) is 36.1 Å². The van der Waals surface area contributed by atoms with Gasteiger partial charge in [0.2, 0.25) is 5.82 Å². The smallest absolute Gasteiger partial charge is 0.339 e. The summed E-state index contributed by atoms with van der Waals surface area (Å²) in [6.45, 7) is 3.65. The molecule has 1 aromatic heterocycles. The minimum Gasteiger partial charge on any atom is -0.465 e. The molecule has 0 aromatic carbocycles. The summed E-state index contributed by atoms with van der Waals surface area (Å²) in [6, 6.07) is 1.23. The van der Waals surface area contributed by atoms with E-state index in [2.05, 4.69) is 16.6 Å². The van der Waals surface area contributed by atoms with Crippen LogP contribution in [0.3, 0.4) is 0 Å². The van der Waals surface area contributed by atoms with Gasteiger partial charge in [0.25, 0.3) is 0 Å². The van der Waals surface area contributed by atoms with Crippen molar-refractivity contribution >= 4 is 17.5 Å². The molecule has 1 aliphatic rings. The van der Waals surface area contributed by atoms with E-state index in [1.807, 2.05) is 4.90 Å². The number of nitrogens with zero attached hydrogens (tertiary/aromatic N) is 3. The summed E-state index contributed by atoms with van der Waals surface area (Å²) in [5.41, 5.74) is -0.0595. The summed E-state index contributed by atoms with van der Waals surface area (Å²) in [4.78, 5) is 28.1. The second-order valence-electron chi connectivity index (χ2n) is 4.98. The van der Waals surface area contributed by atoms with E-state index >= 15 is 0 Å². The van der Waals surface area contributed by atoms with Crippen LogP contribution in [0.4, 0.5) is 11.5 Å². The predicted molar refractivity (Wildman–Crippen MR) is 72.8 cm³/mol. The average molecular weight is 279 g/mol. The molecule has 0 saturated carbocycles. The number of ether oxygens (including phenoxy) is 1. The van der Waals surface area contributed by atoms with Crippen LogP contribution in [0.1, 0.15) is 30.1 Å². The molecule has 1 fully saturated rings. The van der Waals surface area contributed by atoms with E-state index < -0.39 is 10.9 Å². The summed E-state index contributed by atoms with van der Waals surface area (Å²) >= 11 is 0. The highest BCUT2D eigenvalue weighted by molar-refractivity contribution is 5.90. The van der Waals surface area contributed by atoms with E-state index in [4.69, 9.17) is 0 Å². The Hall–Kier alpha value is -2.18. The highest BCUT2D eigenvalue weighted by Gasteiger charge is 2.26. The van der Waals surface area contributed by atoms with Crippen molar-refractivity contribution in [3.63, 3.8) is 0 Å². The molecule has 20 heavy (non-hydrogen) atoms. The molecular weight excluding hydrogens is 262 g/mol. The Labute approximate surface area is 116 Å². The predicted octanol–water partition coefficient (Wildman–Crippen LogP) is 2.01. The van der Waals surface area contributed by atoms with Gasteiger partial charge in [-0.25, -0.2) is 9.78 Å². The number of carbonyl (C=O) groups is 1. The lowest BCUT2D eigenvalue weighted by Gasteiger charge is -2.30. The molecular formula is C13H17N3O4. The van der Waals surface area contributed by atoms with Crippen molar-refractivity contribution in [3.05, 3.63) is 27.9 Å². The van der Waals surface area contributed by atoms with Crippen molar-refractivity contribution in [3.8, 4) is 0 Å². The van der Waals surface area contributed by atoms with Crippen LogP contribution in [0.2, 0.25) is 0 Å². The van der Waals surface area contributed by atoms with Gasteiger partial charge in [0, 0.05) is 25.4 Å². The summed E-state index contributed by atoms with van der Waals surface area (Å²) < 4.78 is 4.56. The van der Waals surface area contributed by atoms with Crippen LogP contribution < -0.4 is 4.90 Å². The Morgan fingerprint density at radius 2 is 2.15 bits per heavy atom. The van der Waals surface area contributed by atoms with Crippen LogP contribution in [0.5, 0.6) is 0 Å². The molecule has 1 saturated heterocycles. The van der Waals surface area contributed by atoms with Crippen molar-refractivity contribution < 1.29 is 14.5 Å². The maximum absolute atomic E-state index is 11.4. The summed E-state index contributed by atoms with van der Waals surface area (Å²) in [5, 5.41) is 11.2. The molecule has 0 N–H and O–H groups in total. The fourth-order valence-corrected chi connectivity index (χ4v) is 2.27. The normalized spacial score (nSPS) is 16.0. The molecule has 7 heteroatoms. The zero-order valence-electron chi connectivity index (χ0n) is 11.5. The highest BCUT2D eigenvalue weighted by atomic mass is 16.6. The monoisotopic (exact) mass is 279 g/mol. The SMILES string of the molecule is COC(=O)c1cnc(N2CCC(C)CC2)c([N+](=O)[O-])c1. The third-order valence-corrected chi connectivity index (χ3v) is 3.55. The van der Waals surface area contributed by atoms with Gasteiger partial charge in [-0.15, -0.1) is 0 Å². The number of hydrogen-bond acceptors (Lipinski definition) is 6. The van der Waals surface area contributed by atoms with E-state index in [0.717, 1.165) is 25.9 Å². The molecule has 0 spiro atoms. The molecule has 1 aliphatic heterocycles. The maximum atomic E-state index is 11.4. The lowest BCUT2D eigenvalue weighted by Crippen LogP contribution is -2.34. The van der Waals surface area contributed by atoms with Gasteiger partial charge in [0.1, 0.15) is 0 Å². The molecule has 0 atom stereocenters. The average Bonchev–Trinajstić information content (AvgIpc) is 2.46. The molecule has 1 aromatic rings. The fourth-order valence-electron chi connectivity index (χ4n) is 2.27. The first-order valence-corrected chi connectivity index (χ1v) is 6.50. The number of aromatic nitrogens is 1. The van der Waals surface area contributed by atoms with Crippen molar-refractivity contribution in [1.29, 1.82) is 0 Å².